The number of urea groups is 2. The second-order valence-corrected chi connectivity index (χ2v) is 4.47. The van der Waals surface area contributed by atoms with Crippen molar-refractivity contribution in [3.8, 4) is 0 Å². The number of hydrogen-bond acceptors (Lipinski definition) is 4. The Hall–Kier alpha value is -2.41. The van der Waals surface area contributed by atoms with Gasteiger partial charge >= 0.3 is 12.1 Å². The molecule has 1 aromatic rings. The third-order valence-corrected chi connectivity index (χ3v) is 2.96. The minimum absolute atomic E-state index is 0.0805. The van der Waals surface area contributed by atoms with Crippen molar-refractivity contribution in [2.24, 2.45) is 0 Å². The predicted molar refractivity (Wildman–Crippen MR) is 82.9 cm³/mol. The minimum Gasteiger partial charge on any atom is -0.385 e. The van der Waals surface area contributed by atoms with Crippen molar-refractivity contribution in [1.82, 2.24) is 10.2 Å². The molecule has 0 aliphatic rings. The zero-order valence-electron chi connectivity index (χ0n) is 12.8. The molecule has 0 saturated heterocycles. The number of ether oxygens (including phenoxy) is 1. The van der Waals surface area contributed by atoms with Crippen molar-refractivity contribution in [2.75, 3.05) is 38.8 Å². The summed E-state index contributed by atoms with van der Waals surface area (Å²) in [7, 11) is 3.01. The molecule has 0 atom stereocenters. The molecule has 120 valence electrons. The van der Waals surface area contributed by atoms with Crippen molar-refractivity contribution in [1.29, 1.82) is 0 Å². The van der Waals surface area contributed by atoms with Gasteiger partial charge in [0.15, 0.2) is 0 Å². The van der Waals surface area contributed by atoms with Crippen LogP contribution >= 0.6 is 0 Å². The highest BCUT2D eigenvalue weighted by Gasteiger charge is 2.27. The van der Waals surface area contributed by atoms with Gasteiger partial charge in [-0.2, -0.15) is 0 Å². The lowest BCUT2D eigenvalue weighted by molar-refractivity contribution is -0.108. The number of benzene rings is 1. The molecule has 1 N–H and O–H groups in total. The molecule has 0 aliphatic carbocycles. The predicted octanol–water partition coefficient (Wildman–Crippen LogP) is 1.49. The summed E-state index contributed by atoms with van der Waals surface area (Å²) in [5.41, 5.74) is 0.439. The molecule has 1 rings (SSSR count). The number of carbonyl (C=O) groups is 3. The Morgan fingerprint density at radius 2 is 1.95 bits per heavy atom. The van der Waals surface area contributed by atoms with Crippen LogP contribution in [0.2, 0.25) is 0 Å². The summed E-state index contributed by atoms with van der Waals surface area (Å²) in [5, 5.41) is 2.44. The van der Waals surface area contributed by atoms with E-state index in [1.54, 1.807) is 37.4 Å². The maximum absolute atomic E-state index is 12.6. The molecule has 0 aromatic heterocycles. The fraction of sp³-hybridized carbons (Fsp3) is 0.400. The number of hydrogen-bond donors (Lipinski definition) is 1. The van der Waals surface area contributed by atoms with E-state index in [1.165, 1.54) is 11.9 Å². The van der Waals surface area contributed by atoms with Gasteiger partial charge in [0.05, 0.1) is 12.2 Å². The summed E-state index contributed by atoms with van der Waals surface area (Å²) >= 11 is 0. The van der Waals surface area contributed by atoms with Gasteiger partial charge in [0.2, 0.25) is 0 Å². The molecule has 0 spiro atoms. The number of nitrogens with zero attached hydrogens (tertiary/aromatic N) is 2. The van der Waals surface area contributed by atoms with E-state index < -0.39 is 12.1 Å². The van der Waals surface area contributed by atoms with Crippen LogP contribution in [0.1, 0.15) is 6.42 Å². The molecule has 4 amide bonds. The van der Waals surface area contributed by atoms with E-state index in [9.17, 15) is 14.4 Å². The number of anilines is 1. The van der Waals surface area contributed by atoms with Crippen LogP contribution in [0.4, 0.5) is 15.3 Å². The van der Waals surface area contributed by atoms with Crippen molar-refractivity contribution in [3.05, 3.63) is 30.3 Å². The summed E-state index contributed by atoms with van der Waals surface area (Å²) in [5.74, 6) is 0. The molecule has 1 aromatic carbocycles. The third kappa shape index (κ3) is 4.85. The Kier molecular flexibility index (Phi) is 7.63. The van der Waals surface area contributed by atoms with Crippen molar-refractivity contribution in [2.45, 2.75) is 6.42 Å². The summed E-state index contributed by atoms with van der Waals surface area (Å²) in [6.45, 7) is 0.711. The van der Waals surface area contributed by atoms with Crippen LogP contribution < -0.4 is 10.2 Å². The second-order valence-electron chi connectivity index (χ2n) is 4.47. The smallest absolute Gasteiger partial charge is 0.333 e. The lowest BCUT2D eigenvalue weighted by atomic mass is 10.3. The number of methoxy groups -OCH3 is 1. The molecule has 0 bridgehead atoms. The van der Waals surface area contributed by atoms with Crippen LogP contribution in [0.15, 0.2) is 30.3 Å². The first-order valence-corrected chi connectivity index (χ1v) is 6.94. The maximum Gasteiger partial charge on any atom is 0.333 e. The maximum atomic E-state index is 12.6. The first-order chi connectivity index (χ1) is 10.7. The number of aldehydes is 1. The molecular weight excluding hydrogens is 286 g/mol. The molecular formula is C15H21N3O4. The van der Waals surface area contributed by atoms with Gasteiger partial charge in [-0.25, -0.2) is 14.5 Å². The average molecular weight is 307 g/mol. The molecule has 0 heterocycles. The molecule has 0 unspecified atom stereocenters. The highest BCUT2D eigenvalue weighted by molar-refractivity contribution is 6.13. The van der Waals surface area contributed by atoms with Crippen LogP contribution in [0.5, 0.6) is 0 Å². The van der Waals surface area contributed by atoms with Crippen LogP contribution in [0.3, 0.4) is 0 Å². The van der Waals surface area contributed by atoms with E-state index in [4.69, 9.17) is 4.74 Å². The van der Waals surface area contributed by atoms with Crippen molar-refractivity contribution >= 4 is 24.0 Å². The zero-order chi connectivity index (χ0) is 16.4. The number of para-hydroxylation sites is 1. The van der Waals surface area contributed by atoms with E-state index in [1.807, 2.05) is 0 Å². The quantitative estimate of drug-likeness (QED) is 0.611. The number of imide groups is 1. The van der Waals surface area contributed by atoms with Gasteiger partial charge in [-0.15, -0.1) is 0 Å². The lowest BCUT2D eigenvalue weighted by Crippen LogP contribution is -2.50. The van der Waals surface area contributed by atoms with Crippen LogP contribution in [0.25, 0.3) is 0 Å². The number of rotatable bonds is 7. The third-order valence-electron chi connectivity index (χ3n) is 2.96. The molecule has 0 radical (unpaired) electrons. The topological polar surface area (TPSA) is 79.0 Å². The van der Waals surface area contributed by atoms with Gasteiger partial charge in [-0.1, -0.05) is 18.2 Å². The Labute approximate surface area is 129 Å². The summed E-state index contributed by atoms with van der Waals surface area (Å²) in [4.78, 5) is 37.8. The van der Waals surface area contributed by atoms with Gasteiger partial charge in [-0.3, -0.25) is 0 Å². The summed E-state index contributed by atoms with van der Waals surface area (Å²) in [6.07, 6.45) is 1.21. The highest BCUT2D eigenvalue weighted by Crippen LogP contribution is 2.16. The van der Waals surface area contributed by atoms with E-state index in [2.05, 4.69) is 5.32 Å². The SMILES string of the molecule is CNC(=O)N(C(=O)N(CC=O)CCCOC)c1ccccc1. The zero-order valence-corrected chi connectivity index (χ0v) is 12.8. The first kappa shape index (κ1) is 17.6. The number of amides is 4. The molecule has 0 aliphatic heterocycles. The Morgan fingerprint density at radius 3 is 2.50 bits per heavy atom. The van der Waals surface area contributed by atoms with E-state index >= 15 is 0 Å². The summed E-state index contributed by atoms with van der Waals surface area (Å²) < 4.78 is 4.94. The molecule has 7 nitrogen and oxygen atoms in total. The van der Waals surface area contributed by atoms with E-state index in [0.29, 0.717) is 31.5 Å². The van der Waals surface area contributed by atoms with Crippen LogP contribution in [-0.4, -0.2) is 57.1 Å². The molecule has 22 heavy (non-hydrogen) atoms. The van der Waals surface area contributed by atoms with Crippen molar-refractivity contribution < 1.29 is 19.1 Å². The number of carbonyl (C=O) groups excluding carboxylic acids is 3. The monoisotopic (exact) mass is 307 g/mol. The fourth-order valence-corrected chi connectivity index (χ4v) is 1.90. The molecule has 7 heteroatoms. The van der Waals surface area contributed by atoms with Crippen LogP contribution in [-0.2, 0) is 9.53 Å². The molecule has 0 saturated carbocycles. The number of nitrogens with one attached hydrogen (secondary N) is 1. The van der Waals surface area contributed by atoms with Crippen molar-refractivity contribution in [3.63, 3.8) is 0 Å². The Balaban J connectivity index is 2.97. The Morgan fingerprint density at radius 1 is 1.27 bits per heavy atom. The Bertz CT molecular complexity index is 493. The van der Waals surface area contributed by atoms with Gasteiger partial charge in [0.1, 0.15) is 6.29 Å². The van der Waals surface area contributed by atoms with Crippen LogP contribution in [0, 0.1) is 0 Å². The normalized spacial score (nSPS) is 9.91. The molecule has 0 fully saturated rings. The fourth-order valence-electron chi connectivity index (χ4n) is 1.90. The second kappa shape index (κ2) is 9.51. The highest BCUT2D eigenvalue weighted by atomic mass is 16.5. The average Bonchev–Trinajstić information content (AvgIpc) is 2.55. The lowest BCUT2D eigenvalue weighted by Gasteiger charge is -2.28. The van der Waals surface area contributed by atoms with E-state index in [0.717, 1.165) is 4.90 Å². The minimum atomic E-state index is -0.557. The first-order valence-electron chi connectivity index (χ1n) is 6.94. The summed E-state index contributed by atoms with van der Waals surface area (Å²) in [6, 6.07) is 7.45. The van der Waals surface area contributed by atoms with Gasteiger partial charge < -0.3 is 19.7 Å². The van der Waals surface area contributed by atoms with Gasteiger partial charge in [0.25, 0.3) is 0 Å². The van der Waals surface area contributed by atoms with Gasteiger partial charge in [0, 0.05) is 27.3 Å². The van der Waals surface area contributed by atoms with Gasteiger partial charge in [-0.05, 0) is 18.6 Å². The standard InChI is InChI=1S/C15H21N3O4/c1-16-14(20)18(13-7-4-3-5-8-13)15(21)17(10-11-19)9-6-12-22-2/h3-5,7-8,11H,6,9-10,12H2,1-2H3,(H,16,20). The van der Waals surface area contributed by atoms with E-state index in [-0.39, 0.29) is 6.54 Å². The largest absolute Gasteiger partial charge is 0.385 e.